The summed E-state index contributed by atoms with van der Waals surface area (Å²) in [5.74, 6) is -0.943. The van der Waals surface area contributed by atoms with E-state index in [9.17, 15) is 22.8 Å². The number of amides is 2. The lowest BCUT2D eigenvalue weighted by Crippen LogP contribution is -2.41. The number of hydrogen-bond acceptors (Lipinski definition) is 5. The van der Waals surface area contributed by atoms with Gasteiger partial charge in [-0.25, -0.2) is 0 Å². The number of halogens is 3. The van der Waals surface area contributed by atoms with Crippen molar-refractivity contribution in [3.63, 3.8) is 0 Å². The highest BCUT2D eigenvalue weighted by atomic mass is 19.4. The van der Waals surface area contributed by atoms with Crippen molar-refractivity contribution in [2.45, 2.75) is 13.0 Å². The maximum atomic E-state index is 12.1. The molecule has 0 aliphatic rings. The summed E-state index contributed by atoms with van der Waals surface area (Å²) in [4.78, 5) is 24.1. The number of benzene rings is 2. The molecule has 1 aromatic heterocycles. The SMILES string of the molecule is O=C(NNC(=O)c1ccc(COc2ccccc2)o1)c1ccc(OC(F)(F)F)cc1. The number of ether oxygens (including phenoxy) is 2. The van der Waals surface area contributed by atoms with Gasteiger partial charge >= 0.3 is 12.3 Å². The van der Waals surface area contributed by atoms with Crippen molar-refractivity contribution in [3.05, 3.63) is 83.8 Å². The topological polar surface area (TPSA) is 89.8 Å². The maximum absolute atomic E-state index is 12.1. The number of para-hydroxylation sites is 1. The highest BCUT2D eigenvalue weighted by Gasteiger charge is 2.31. The van der Waals surface area contributed by atoms with E-state index in [1.807, 2.05) is 18.2 Å². The molecule has 0 aliphatic carbocycles. The summed E-state index contributed by atoms with van der Waals surface area (Å²) in [6.07, 6.45) is -4.83. The summed E-state index contributed by atoms with van der Waals surface area (Å²) in [6.45, 7) is 0.107. The van der Waals surface area contributed by atoms with E-state index >= 15 is 0 Å². The Labute approximate surface area is 168 Å². The zero-order valence-electron chi connectivity index (χ0n) is 15.2. The van der Waals surface area contributed by atoms with E-state index < -0.39 is 23.9 Å². The summed E-state index contributed by atoms with van der Waals surface area (Å²) in [6, 6.07) is 16.2. The molecular formula is C20H15F3N2O5. The number of carbonyl (C=O) groups excluding carboxylic acids is 2. The molecule has 7 nitrogen and oxygen atoms in total. The van der Waals surface area contributed by atoms with Gasteiger partial charge in [-0.2, -0.15) is 0 Å². The minimum Gasteiger partial charge on any atom is -0.486 e. The minimum atomic E-state index is -4.83. The van der Waals surface area contributed by atoms with Crippen molar-refractivity contribution in [1.82, 2.24) is 10.9 Å². The van der Waals surface area contributed by atoms with Crippen molar-refractivity contribution >= 4 is 11.8 Å². The lowest BCUT2D eigenvalue weighted by molar-refractivity contribution is -0.274. The zero-order chi connectivity index (χ0) is 21.6. The Morgan fingerprint density at radius 2 is 1.50 bits per heavy atom. The van der Waals surface area contributed by atoms with Crippen LogP contribution in [0.4, 0.5) is 13.2 Å². The van der Waals surface area contributed by atoms with Gasteiger partial charge in [0, 0.05) is 5.56 Å². The van der Waals surface area contributed by atoms with Crippen LogP contribution < -0.4 is 20.3 Å². The van der Waals surface area contributed by atoms with Crippen LogP contribution in [-0.2, 0) is 6.61 Å². The molecule has 0 atom stereocenters. The average molecular weight is 420 g/mol. The zero-order valence-corrected chi connectivity index (χ0v) is 15.2. The van der Waals surface area contributed by atoms with Crippen LogP contribution in [0.25, 0.3) is 0 Å². The van der Waals surface area contributed by atoms with Crippen molar-refractivity contribution < 1.29 is 36.7 Å². The van der Waals surface area contributed by atoms with E-state index in [2.05, 4.69) is 15.6 Å². The molecule has 156 valence electrons. The van der Waals surface area contributed by atoms with Crippen LogP contribution in [0.5, 0.6) is 11.5 Å². The van der Waals surface area contributed by atoms with Crippen LogP contribution in [0.15, 0.2) is 71.1 Å². The third-order valence-electron chi connectivity index (χ3n) is 3.65. The van der Waals surface area contributed by atoms with Gasteiger partial charge in [-0.1, -0.05) is 18.2 Å². The molecule has 0 saturated heterocycles. The molecule has 0 aliphatic heterocycles. The van der Waals surface area contributed by atoms with E-state index in [0.29, 0.717) is 11.5 Å². The lowest BCUT2D eigenvalue weighted by Gasteiger charge is -2.09. The van der Waals surface area contributed by atoms with E-state index in [4.69, 9.17) is 9.15 Å². The summed E-state index contributed by atoms with van der Waals surface area (Å²) in [5, 5.41) is 0. The minimum absolute atomic E-state index is 0.0150. The van der Waals surface area contributed by atoms with Crippen LogP contribution in [0.2, 0.25) is 0 Å². The molecule has 1 heterocycles. The van der Waals surface area contributed by atoms with Gasteiger partial charge in [-0.05, 0) is 48.5 Å². The van der Waals surface area contributed by atoms with Crippen LogP contribution in [0, 0.1) is 0 Å². The van der Waals surface area contributed by atoms with Gasteiger partial charge in [0.05, 0.1) is 0 Å². The number of alkyl halides is 3. The second-order valence-electron chi connectivity index (χ2n) is 5.85. The largest absolute Gasteiger partial charge is 0.573 e. The highest BCUT2D eigenvalue weighted by molar-refractivity contribution is 5.98. The Balaban J connectivity index is 1.49. The Morgan fingerprint density at radius 3 is 2.17 bits per heavy atom. The molecule has 2 amide bonds. The second kappa shape index (κ2) is 9.03. The van der Waals surface area contributed by atoms with Crippen LogP contribution in [0.3, 0.4) is 0 Å². The number of hydrazine groups is 1. The van der Waals surface area contributed by atoms with Crippen LogP contribution in [-0.4, -0.2) is 18.2 Å². The summed E-state index contributed by atoms with van der Waals surface area (Å²) >= 11 is 0. The van der Waals surface area contributed by atoms with Crippen molar-refractivity contribution in [2.75, 3.05) is 0 Å². The second-order valence-corrected chi connectivity index (χ2v) is 5.85. The molecule has 10 heteroatoms. The first kappa shape index (κ1) is 20.8. The summed E-state index contributed by atoms with van der Waals surface area (Å²) in [7, 11) is 0. The van der Waals surface area contributed by atoms with Gasteiger partial charge in [0.1, 0.15) is 23.9 Å². The first-order valence-corrected chi connectivity index (χ1v) is 8.53. The van der Waals surface area contributed by atoms with E-state index in [-0.39, 0.29) is 17.9 Å². The first-order chi connectivity index (χ1) is 14.3. The van der Waals surface area contributed by atoms with Gasteiger partial charge in [0.2, 0.25) is 0 Å². The molecule has 3 rings (SSSR count). The Hall–Kier alpha value is -3.95. The monoisotopic (exact) mass is 420 g/mol. The molecule has 0 bridgehead atoms. The van der Waals surface area contributed by atoms with Gasteiger partial charge in [-0.15, -0.1) is 13.2 Å². The predicted molar refractivity (Wildman–Crippen MR) is 97.5 cm³/mol. The van der Waals surface area contributed by atoms with E-state index in [1.165, 1.54) is 6.07 Å². The third-order valence-corrected chi connectivity index (χ3v) is 3.65. The van der Waals surface area contributed by atoms with Crippen LogP contribution >= 0.6 is 0 Å². The van der Waals surface area contributed by atoms with Gasteiger partial charge in [0.25, 0.3) is 5.91 Å². The first-order valence-electron chi connectivity index (χ1n) is 8.53. The highest BCUT2D eigenvalue weighted by Crippen LogP contribution is 2.22. The number of rotatable bonds is 6. The fraction of sp³-hybridized carbons (Fsp3) is 0.100. The van der Waals surface area contributed by atoms with E-state index in [0.717, 1.165) is 24.3 Å². The molecule has 0 radical (unpaired) electrons. The Bertz CT molecular complexity index is 1000. The van der Waals surface area contributed by atoms with Gasteiger partial charge in [0.15, 0.2) is 5.76 Å². The number of furan rings is 1. The Morgan fingerprint density at radius 1 is 0.833 bits per heavy atom. The quantitative estimate of drug-likeness (QED) is 0.592. The molecule has 0 unspecified atom stereocenters. The summed E-state index contributed by atoms with van der Waals surface area (Å²) in [5.41, 5.74) is 4.31. The predicted octanol–water partition coefficient (Wildman–Crippen LogP) is 3.83. The molecule has 0 saturated carbocycles. The van der Waals surface area contributed by atoms with Crippen molar-refractivity contribution in [3.8, 4) is 11.5 Å². The van der Waals surface area contributed by atoms with Gasteiger partial charge in [-0.3, -0.25) is 20.4 Å². The van der Waals surface area contributed by atoms with Crippen molar-refractivity contribution in [2.24, 2.45) is 0 Å². The lowest BCUT2D eigenvalue weighted by atomic mass is 10.2. The smallest absolute Gasteiger partial charge is 0.486 e. The van der Waals surface area contributed by atoms with E-state index in [1.54, 1.807) is 18.2 Å². The van der Waals surface area contributed by atoms with Crippen molar-refractivity contribution in [1.29, 1.82) is 0 Å². The maximum Gasteiger partial charge on any atom is 0.573 e. The molecule has 0 spiro atoms. The fourth-order valence-corrected chi connectivity index (χ4v) is 2.30. The Kier molecular flexibility index (Phi) is 6.26. The third kappa shape index (κ3) is 6.03. The standard InChI is InChI=1S/C20H15F3N2O5/c21-20(22,23)30-15-8-6-13(7-9-15)18(26)24-25-19(27)17-11-10-16(29-17)12-28-14-4-2-1-3-5-14/h1-11H,12H2,(H,24,26)(H,25,27). The molecule has 2 N–H and O–H groups in total. The number of carbonyl (C=O) groups is 2. The molecule has 30 heavy (non-hydrogen) atoms. The molecule has 3 aromatic rings. The average Bonchev–Trinajstić information content (AvgIpc) is 3.19. The molecule has 0 fully saturated rings. The normalized spacial score (nSPS) is 10.9. The molecule has 2 aromatic carbocycles. The summed E-state index contributed by atoms with van der Waals surface area (Å²) < 4.78 is 51.0. The molecular weight excluding hydrogens is 405 g/mol. The van der Waals surface area contributed by atoms with Crippen LogP contribution in [0.1, 0.15) is 26.7 Å². The number of hydrogen-bond donors (Lipinski definition) is 2. The van der Waals surface area contributed by atoms with Gasteiger partial charge < -0.3 is 13.9 Å². The number of nitrogens with one attached hydrogen (secondary N) is 2. The fourth-order valence-electron chi connectivity index (χ4n) is 2.30.